The first-order chi connectivity index (χ1) is 9.90. The Morgan fingerprint density at radius 1 is 1.52 bits per heavy atom. The van der Waals surface area contributed by atoms with Crippen LogP contribution >= 0.6 is 0 Å². The molecule has 1 heterocycles. The van der Waals surface area contributed by atoms with Crippen LogP contribution in [0.5, 0.6) is 0 Å². The molecule has 21 heavy (non-hydrogen) atoms. The van der Waals surface area contributed by atoms with E-state index in [0.717, 1.165) is 5.56 Å². The van der Waals surface area contributed by atoms with Gasteiger partial charge in [0.2, 0.25) is 5.91 Å². The maximum atomic E-state index is 13.4. The van der Waals surface area contributed by atoms with Crippen molar-refractivity contribution >= 4 is 5.91 Å². The first-order valence-electron chi connectivity index (χ1n) is 7.08. The Morgan fingerprint density at radius 2 is 2.24 bits per heavy atom. The Kier molecular flexibility index (Phi) is 4.29. The van der Waals surface area contributed by atoms with E-state index in [0.29, 0.717) is 12.8 Å². The monoisotopic (exact) mass is 289 g/mol. The number of halogens is 1. The van der Waals surface area contributed by atoms with Crippen molar-refractivity contribution in [1.29, 1.82) is 5.26 Å². The van der Waals surface area contributed by atoms with Crippen molar-refractivity contribution < 1.29 is 9.18 Å². The highest BCUT2D eigenvalue weighted by Gasteiger charge is 2.45. The van der Waals surface area contributed by atoms with E-state index in [2.05, 4.69) is 6.07 Å². The van der Waals surface area contributed by atoms with Crippen LogP contribution in [-0.4, -0.2) is 23.4 Å². The molecule has 1 aromatic carbocycles. The van der Waals surface area contributed by atoms with Crippen molar-refractivity contribution in [3.05, 3.63) is 35.6 Å². The summed E-state index contributed by atoms with van der Waals surface area (Å²) in [6.45, 7) is 3.54. The van der Waals surface area contributed by atoms with Gasteiger partial charge >= 0.3 is 0 Å². The molecule has 0 radical (unpaired) electrons. The van der Waals surface area contributed by atoms with E-state index in [9.17, 15) is 14.4 Å². The summed E-state index contributed by atoms with van der Waals surface area (Å²) >= 11 is 0. The van der Waals surface area contributed by atoms with E-state index in [4.69, 9.17) is 5.73 Å². The van der Waals surface area contributed by atoms with Gasteiger partial charge in [0.05, 0.1) is 30.1 Å². The summed E-state index contributed by atoms with van der Waals surface area (Å²) in [6.07, 6.45) is 1.43. The van der Waals surface area contributed by atoms with Crippen molar-refractivity contribution in [2.75, 3.05) is 6.54 Å². The SMILES string of the molecule is CC(C)(C#N)[C@H]1CC[C@@H](c2cccc(F)c2)N1C(=O)CN. The van der Waals surface area contributed by atoms with Crippen molar-refractivity contribution in [3.63, 3.8) is 0 Å². The van der Waals surface area contributed by atoms with Crippen LogP contribution in [0.15, 0.2) is 24.3 Å². The van der Waals surface area contributed by atoms with Crippen LogP contribution in [0, 0.1) is 22.6 Å². The van der Waals surface area contributed by atoms with Gasteiger partial charge in [-0.25, -0.2) is 4.39 Å². The van der Waals surface area contributed by atoms with Gasteiger partial charge in [-0.3, -0.25) is 4.79 Å². The number of amides is 1. The summed E-state index contributed by atoms with van der Waals surface area (Å²) in [5, 5.41) is 9.35. The number of carbonyl (C=O) groups is 1. The van der Waals surface area contributed by atoms with Crippen LogP contribution in [0.25, 0.3) is 0 Å². The maximum absolute atomic E-state index is 13.4. The zero-order valence-corrected chi connectivity index (χ0v) is 12.3. The lowest BCUT2D eigenvalue weighted by atomic mass is 9.84. The summed E-state index contributed by atoms with van der Waals surface area (Å²) in [6, 6.07) is 8.13. The summed E-state index contributed by atoms with van der Waals surface area (Å²) in [4.78, 5) is 13.9. The molecular formula is C16H20FN3O. The van der Waals surface area contributed by atoms with Crippen LogP contribution < -0.4 is 5.73 Å². The highest BCUT2D eigenvalue weighted by molar-refractivity contribution is 5.79. The number of carbonyl (C=O) groups excluding carboxylic acids is 1. The molecule has 0 aliphatic carbocycles. The summed E-state index contributed by atoms with van der Waals surface area (Å²) in [5.41, 5.74) is 5.62. The molecule has 1 aliphatic rings. The third-order valence-corrected chi connectivity index (χ3v) is 4.20. The molecule has 0 aromatic heterocycles. The van der Waals surface area contributed by atoms with Crippen LogP contribution in [0.1, 0.15) is 38.3 Å². The lowest BCUT2D eigenvalue weighted by molar-refractivity contribution is -0.134. The third kappa shape index (κ3) is 2.91. The number of nitrogens with zero attached hydrogens (tertiary/aromatic N) is 2. The Labute approximate surface area is 124 Å². The molecule has 1 aliphatic heterocycles. The number of hydrogen-bond donors (Lipinski definition) is 1. The second kappa shape index (κ2) is 5.82. The molecule has 112 valence electrons. The standard InChI is InChI=1S/C16H20FN3O/c1-16(2,10-19)14-7-6-13(20(14)15(21)9-18)11-4-3-5-12(17)8-11/h3-5,8,13-14H,6-7,9,18H2,1-2H3/t13-,14+/m0/s1. The number of nitriles is 1. The van der Waals surface area contributed by atoms with Crippen molar-refractivity contribution in [2.24, 2.45) is 11.1 Å². The fourth-order valence-electron chi connectivity index (χ4n) is 3.09. The van der Waals surface area contributed by atoms with Gasteiger partial charge in [-0.2, -0.15) is 5.26 Å². The molecular weight excluding hydrogens is 269 g/mol. The molecule has 1 fully saturated rings. The zero-order chi connectivity index (χ0) is 15.6. The van der Waals surface area contributed by atoms with Gasteiger partial charge in [0.1, 0.15) is 5.82 Å². The van der Waals surface area contributed by atoms with Gasteiger partial charge < -0.3 is 10.6 Å². The van der Waals surface area contributed by atoms with Gasteiger partial charge in [0.15, 0.2) is 0 Å². The molecule has 1 saturated heterocycles. The third-order valence-electron chi connectivity index (χ3n) is 4.20. The second-order valence-electron chi connectivity index (χ2n) is 6.00. The second-order valence-corrected chi connectivity index (χ2v) is 6.00. The van der Waals surface area contributed by atoms with Crippen molar-refractivity contribution in [2.45, 2.75) is 38.8 Å². The minimum atomic E-state index is -0.660. The number of benzene rings is 1. The fraction of sp³-hybridized carbons (Fsp3) is 0.500. The Morgan fingerprint density at radius 3 is 2.81 bits per heavy atom. The molecule has 2 atom stereocenters. The van der Waals surface area contributed by atoms with Crippen molar-refractivity contribution in [1.82, 2.24) is 4.90 Å². The van der Waals surface area contributed by atoms with Gasteiger partial charge in [0.25, 0.3) is 0 Å². The Balaban J connectivity index is 2.39. The molecule has 2 rings (SSSR count). The lowest BCUT2D eigenvalue weighted by Gasteiger charge is -2.36. The number of hydrogen-bond acceptors (Lipinski definition) is 3. The topological polar surface area (TPSA) is 70.1 Å². The highest BCUT2D eigenvalue weighted by atomic mass is 19.1. The molecule has 0 spiro atoms. The molecule has 1 amide bonds. The first kappa shape index (κ1) is 15.5. The number of rotatable bonds is 3. The molecule has 2 N–H and O–H groups in total. The molecule has 5 heteroatoms. The van der Waals surface area contributed by atoms with E-state index in [1.165, 1.54) is 12.1 Å². The smallest absolute Gasteiger partial charge is 0.237 e. The summed E-state index contributed by atoms with van der Waals surface area (Å²) < 4.78 is 13.4. The highest BCUT2D eigenvalue weighted by Crippen LogP contribution is 2.43. The van der Waals surface area contributed by atoms with E-state index in [1.54, 1.807) is 11.0 Å². The first-order valence-corrected chi connectivity index (χ1v) is 7.08. The zero-order valence-electron chi connectivity index (χ0n) is 12.3. The molecule has 0 unspecified atom stereocenters. The van der Waals surface area contributed by atoms with Crippen LogP contribution in [0.2, 0.25) is 0 Å². The predicted molar refractivity (Wildman–Crippen MR) is 77.5 cm³/mol. The minimum Gasteiger partial charge on any atom is -0.330 e. The van der Waals surface area contributed by atoms with Gasteiger partial charge in [-0.1, -0.05) is 12.1 Å². The number of likely N-dealkylation sites (tertiary alicyclic amines) is 1. The average Bonchev–Trinajstić information content (AvgIpc) is 2.92. The molecule has 0 bridgehead atoms. The quantitative estimate of drug-likeness (QED) is 0.928. The summed E-state index contributed by atoms with van der Waals surface area (Å²) in [5.74, 6) is -0.522. The van der Waals surface area contributed by atoms with Gasteiger partial charge in [-0.05, 0) is 44.4 Å². The average molecular weight is 289 g/mol. The predicted octanol–water partition coefficient (Wildman–Crippen LogP) is 2.37. The minimum absolute atomic E-state index is 0.107. The lowest BCUT2D eigenvalue weighted by Crippen LogP contribution is -2.47. The van der Waals surface area contributed by atoms with Crippen LogP contribution in [-0.2, 0) is 4.79 Å². The Bertz CT molecular complexity index is 579. The van der Waals surface area contributed by atoms with Gasteiger partial charge in [0, 0.05) is 0 Å². The Hall–Kier alpha value is -1.93. The van der Waals surface area contributed by atoms with E-state index in [1.807, 2.05) is 19.9 Å². The van der Waals surface area contributed by atoms with E-state index < -0.39 is 5.41 Å². The van der Waals surface area contributed by atoms with E-state index >= 15 is 0 Å². The molecule has 0 saturated carbocycles. The maximum Gasteiger partial charge on any atom is 0.237 e. The number of nitrogens with two attached hydrogens (primary N) is 1. The molecule has 4 nitrogen and oxygen atoms in total. The van der Waals surface area contributed by atoms with E-state index in [-0.39, 0.29) is 30.4 Å². The fourth-order valence-corrected chi connectivity index (χ4v) is 3.09. The van der Waals surface area contributed by atoms with Crippen molar-refractivity contribution in [3.8, 4) is 6.07 Å². The van der Waals surface area contributed by atoms with Crippen LogP contribution in [0.3, 0.4) is 0 Å². The largest absolute Gasteiger partial charge is 0.330 e. The van der Waals surface area contributed by atoms with Crippen LogP contribution in [0.4, 0.5) is 4.39 Å². The normalized spacial score (nSPS) is 22.1. The van der Waals surface area contributed by atoms with Gasteiger partial charge in [-0.15, -0.1) is 0 Å². The molecule has 1 aromatic rings. The summed E-state index contributed by atoms with van der Waals surface area (Å²) in [7, 11) is 0.